The van der Waals surface area contributed by atoms with E-state index in [4.69, 9.17) is 5.73 Å². The summed E-state index contributed by atoms with van der Waals surface area (Å²) >= 11 is 0. The second-order valence-corrected chi connectivity index (χ2v) is 4.87. The summed E-state index contributed by atoms with van der Waals surface area (Å²) < 4.78 is 24.9. The molecule has 136 valence electrons. The number of nitrogens with one attached hydrogen (secondary N) is 1. The monoisotopic (exact) mass is 356 g/mol. The Morgan fingerprint density at radius 1 is 0.731 bits per heavy atom. The van der Waals surface area contributed by atoms with E-state index < -0.39 is 6.03 Å². The van der Waals surface area contributed by atoms with E-state index in [9.17, 15) is 13.6 Å². The van der Waals surface area contributed by atoms with Crippen LogP contribution in [0.25, 0.3) is 11.1 Å². The van der Waals surface area contributed by atoms with Crippen LogP contribution >= 0.6 is 0 Å². The minimum absolute atomic E-state index is 0.195. The molecule has 0 saturated heterocycles. The Morgan fingerprint density at radius 2 is 1.15 bits per heavy atom. The van der Waals surface area contributed by atoms with Gasteiger partial charge in [-0.25, -0.2) is 13.6 Å². The number of anilines is 1. The first kappa shape index (κ1) is 20.8. The van der Waals surface area contributed by atoms with E-state index in [1.807, 2.05) is 44.2 Å². The Labute approximate surface area is 152 Å². The molecular formula is C21H22F2N2O. The summed E-state index contributed by atoms with van der Waals surface area (Å²) in [6.07, 6.45) is 0. The van der Waals surface area contributed by atoms with Gasteiger partial charge in [0.2, 0.25) is 0 Å². The number of amides is 2. The van der Waals surface area contributed by atoms with E-state index in [1.165, 1.54) is 36.4 Å². The Morgan fingerprint density at radius 3 is 1.62 bits per heavy atom. The fraction of sp³-hybridized carbons (Fsp3) is 0.0952. The van der Waals surface area contributed by atoms with Gasteiger partial charge in [0.05, 0.1) is 0 Å². The summed E-state index contributed by atoms with van der Waals surface area (Å²) in [5.41, 5.74) is 7.46. The van der Waals surface area contributed by atoms with Crippen molar-refractivity contribution in [2.75, 3.05) is 5.32 Å². The molecule has 2 amide bonds. The minimum atomic E-state index is -0.656. The third kappa shape index (κ3) is 7.57. The summed E-state index contributed by atoms with van der Waals surface area (Å²) in [4.78, 5) is 10.3. The van der Waals surface area contributed by atoms with Crippen LogP contribution in [0.2, 0.25) is 0 Å². The van der Waals surface area contributed by atoms with Gasteiger partial charge in [0.1, 0.15) is 11.6 Å². The highest BCUT2D eigenvalue weighted by Gasteiger charge is 1.95. The second kappa shape index (κ2) is 11.4. The van der Waals surface area contributed by atoms with Gasteiger partial charge in [-0.3, -0.25) is 0 Å². The van der Waals surface area contributed by atoms with Crippen molar-refractivity contribution in [2.45, 2.75) is 13.8 Å². The largest absolute Gasteiger partial charge is 0.351 e. The maximum absolute atomic E-state index is 12.6. The third-order valence-corrected chi connectivity index (χ3v) is 3.06. The molecule has 3 aromatic carbocycles. The van der Waals surface area contributed by atoms with Crippen molar-refractivity contribution >= 4 is 11.7 Å². The second-order valence-electron chi connectivity index (χ2n) is 4.87. The molecule has 0 saturated carbocycles. The number of hydrogen-bond donors (Lipinski definition) is 2. The summed E-state index contributed by atoms with van der Waals surface area (Å²) in [6.45, 7) is 4.00. The van der Waals surface area contributed by atoms with Crippen molar-refractivity contribution in [2.24, 2.45) is 5.73 Å². The molecule has 3 nitrogen and oxygen atoms in total. The van der Waals surface area contributed by atoms with Crippen molar-refractivity contribution in [3.63, 3.8) is 0 Å². The molecular weight excluding hydrogens is 334 g/mol. The lowest BCUT2D eigenvalue weighted by atomic mass is 10.1. The average Bonchev–Trinajstić information content (AvgIpc) is 2.67. The van der Waals surface area contributed by atoms with E-state index >= 15 is 0 Å². The number of hydrogen-bond acceptors (Lipinski definition) is 1. The predicted octanol–water partition coefficient (Wildman–Crippen LogP) is 5.84. The van der Waals surface area contributed by atoms with Crippen LogP contribution in [0.5, 0.6) is 0 Å². The highest BCUT2D eigenvalue weighted by atomic mass is 19.1. The Hall–Kier alpha value is -3.21. The molecule has 3 N–H and O–H groups in total. The predicted molar refractivity (Wildman–Crippen MR) is 103 cm³/mol. The van der Waals surface area contributed by atoms with E-state index in [2.05, 4.69) is 5.32 Å². The minimum Gasteiger partial charge on any atom is -0.351 e. The van der Waals surface area contributed by atoms with Crippen molar-refractivity contribution < 1.29 is 13.6 Å². The van der Waals surface area contributed by atoms with Gasteiger partial charge in [-0.15, -0.1) is 0 Å². The molecule has 0 radical (unpaired) electrons. The van der Waals surface area contributed by atoms with Gasteiger partial charge in [0.15, 0.2) is 0 Å². The highest BCUT2D eigenvalue weighted by Crippen LogP contribution is 2.18. The third-order valence-electron chi connectivity index (χ3n) is 3.06. The van der Waals surface area contributed by atoms with Gasteiger partial charge < -0.3 is 11.1 Å². The van der Waals surface area contributed by atoms with Gasteiger partial charge in [0.25, 0.3) is 0 Å². The van der Waals surface area contributed by atoms with E-state index in [0.717, 1.165) is 11.1 Å². The molecule has 26 heavy (non-hydrogen) atoms. The van der Waals surface area contributed by atoms with Crippen molar-refractivity contribution in [3.05, 3.63) is 90.5 Å². The smallest absolute Gasteiger partial charge is 0.316 e. The van der Waals surface area contributed by atoms with Gasteiger partial charge in [-0.2, -0.15) is 0 Å². The Kier molecular flexibility index (Phi) is 9.10. The maximum atomic E-state index is 12.6. The molecule has 3 aromatic rings. The Bertz CT molecular complexity index is 773. The maximum Gasteiger partial charge on any atom is 0.316 e. The highest BCUT2D eigenvalue weighted by molar-refractivity contribution is 5.87. The van der Waals surface area contributed by atoms with Crippen LogP contribution in [0, 0.1) is 11.6 Å². The van der Waals surface area contributed by atoms with E-state index in [0.29, 0.717) is 5.69 Å². The number of nitrogens with two attached hydrogens (primary N) is 1. The van der Waals surface area contributed by atoms with E-state index in [-0.39, 0.29) is 11.6 Å². The number of urea groups is 1. The van der Waals surface area contributed by atoms with Crippen molar-refractivity contribution in [1.29, 1.82) is 0 Å². The summed E-state index contributed by atoms with van der Waals surface area (Å²) in [5.74, 6) is -0.542. The van der Waals surface area contributed by atoms with Gasteiger partial charge in [-0.05, 0) is 47.5 Å². The molecule has 0 heterocycles. The summed E-state index contributed by atoms with van der Waals surface area (Å²) in [7, 11) is 0. The molecule has 0 spiro atoms. The zero-order valence-electron chi connectivity index (χ0n) is 14.7. The molecule has 5 heteroatoms. The van der Waals surface area contributed by atoms with Crippen molar-refractivity contribution in [1.82, 2.24) is 0 Å². The van der Waals surface area contributed by atoms with E-state index in [1.54, 1.807) is 12.1 Å². The van der Waals surface area contributed by atoms with Crippen LogP contribution in [0.1, 0.15) is 13.8 Å². The number of halogens is 2. The molecule has 0 aliphatic heterocycles. The number of carbonyl (C=O) groups is 1. The number of rotatable bonds is 2. The first-order chi connectivity index (χ1) is 12.5. The number of primary amides is 1. The topological polar surface area (TPSA) is 55.1 Å². The molecule has 0 aliphatic carbocycles. The Balaban J connectivity index is 0.000000241. The summed E-state index contributed by atoms with van der Waals surface area (Å²) in [6, 6.07) is 21.1. The quantitative estimate of drug-likeness (QED) is 0.596. The van der Waals surface area contributed by atoms with Crippen LogP contribution in [-0.4, -0.2) is 6.03 Å². The van der Waals surface area contributed by atoms with Gasteiger partial charge in [0, 0.05) is 5.69 Å². The zero-order valence-corrected chi connectivity index (χ0v) is 14.7. The molecule has 0 aliphatic rings. The number of benzene rings is 3. The molecule has 0 atom stereocenters. The first-order valence-corrected chi connectivity index (χ1v) is 8.17. The molecule has 3 rings (SSSR count). The zero-order chi connectivity index (χ0) is 19.4. The molecule has 0 aromatic heterocycles. The molecule has 0 bridgehead atoms. The van der Waals surface area contributed by atoms with Crippen LogP contribution < -0.4 is 11.1 Å². The van der Waals surface area contributed by atoms with Crippen molar-refractivity contribution in [3.8, 4) is 11.1 Å². The van der Waals surface area contributed by atoms with Gasteiger partial charge in [-0.1, -0.05) is 56.3 Å². The normalized spacial score (nSPS) is 9.08. The average molecular weight is 356 g/mol. The lowest BCUT2D eigenvalue weighted by molar-refractivity contribution is 0.259. The van der Waals surface area contributed by atoms with Gasteiger partial charge >= 0.3 is 6.03 Å². The standard InChI is InChI=1S/C12H9F.C7H7FN2O.C2H6/c13-12-8-6-11(7-9-12)10-4-2-1-3-5-10;8-5-1-3-6(4-2-5)10-7(9)11;1-2/h1-9H;1-4H,(H3,9,10,11);1-2H3. The lowest BCUT2D eigenvalue weighted by Gasteiger charge is -1.99. The summed E-state index contributed by atoms with van der Waals surface area (Å²) in [5, 5.41) is 2.30. The fourth-order valence-corrected chi connectivity index (χ4v) is 1.95. The molecule has 0 fully saturated rings. The van der Waals surface area contributed by atoms with Crippen LogP contribution in [0.3, 0.4) is 0 Å². The van der Waals surface area contributed by atoms with Crippen LogP contribution in [0.4, 0.5) is 19.3 Å². The first-order valence-electron chi connectivity index (χ1n) is 8.17. The lowest BCUT2D eigenvalue weighted by Crippen LogP contribution is -2.19. The molecule has 0 unspecified atom stereocenters. The van der Waals surface area contributed by atoms with Crippen LogP contribution in [0.15, 0.2) is 78.9 Å². The SMILES string of the molecule is CC.Fc1ccc(-c2ccccc2)cc1.NC(=O)Nc1ccc(F)cc1. The number of carbonyl (C=O) groups excluding carboxylic acids is 1. The van der Waals surface area contributed by atoms with Crippen LogP contribution in [-0.2, 0) is 0 Å². The fourth-order valence-electron chi connectivity index (χ4n) is 1.95.